The first-order chi connectivity index (χ1) is 12.2. The van der Waals surface area contributed by atoms with Gasteiger partial charge in [-0.25, -0.2) is 13.2 Å². The van der Waals surface area contributed by atoms with Crippen molar-refractivity contribution in [3.8, 4) is 17.6 Å². The smallest absolute Gasteiger partial charge is 0.447 e. The van der Waals surface area contributed by atoms with E-state index in [9.17, 15) is 26.5 Å². The van der Waals surface area contributed by atoms with E-state index in [1.165, 1.54) is 18.2 Å². The largest absolute Gasteiger partial charge is 0.607 e. The van der Waals surface area contributed by atoms with Crippen molar-refractivity contribution in [2.45, 2.75) is 22.7 Å². The van der Waals surface area contributed by atoms with Crippen LogP contribution < -0.4 is 4.74 Å². The maximum atomic E-state index is 13.8. The van der Waals surface area contributed by atoms with Crippen LogP contribution in [0.5, 0.6) is 11.5 Å². The van der Waals surface area contributed by atoms with Gasteiger partial charge in [0.15, 0.2) is 4.90 Å². The molecule has 1 heterocycles. The monoisotopic (exact) mass is 407 g/mol. The minimum atomic E-state index is -4.31. The van der Waals surface area contributed by atoms with Crippen LogP contribution in [0.15, 0.2) is 35.2 Å². The lowest BCUT2D eigenvalue weighted by Gasteiger charge is -2.16. The van der Waals surface area contributed by atoms with Crippen LogP contribution in [0, 0.1) is 11.3 Å². The fraction of sp³-hybridized carbons (Fsp3) is 0.188. The Labute approximate surface area is 152 Å². The number of alkyl halides is 5. The van der Waals surface area contributed by atoms with Crippen molar-refractivity contribution in [3.63, 3.8) is 0 Å². The van der Waals surface area contributed by atoms with Gasteiger partial charge in [0, 0.05) is 5.02 Å². The lowest BCUT2D eigenvalue weighted by Crippen LogP contribution is -2.27. The highest BCUT2D eigenvalue weighted by atomic mass is 35.5. The zero-order valence-corrected chi connectivity index (χ0v) is 14.1. The van der Waals surface area contributed by atoms with E-state index >= 15 is 0 Å². The molecule has 1 aliphatic heterocycles. The third-order valence-corrected chi connectivity index (χ3v) is 5.38. The predicted molar refractivity (Wildman–Crippen MR) is 82.8 cm³/mol. The number of halogens is 6. The Morgan fingerprint density at radius 1 is 1.27 bits per heavy atom. The third kappa shape index (κ3) is 2.98. The van der Waals surface area contributed by atoms with Crippen molar-refractivity contribution < 1.29 is 31.2 Å². The Balaban J connectivity index is 2.13. The molecule has 136 valence electrons. The summed E-state index contributed by atoms with van der Waals surface area (Å²) in [7, 11) is 0. The van der Waals surface area contributed by atoms with Gasteiger partial charge in [-0.2, -0.15) is 14.0 Å². The van der Waals surface area contributed by atoms with Gasteiger partial charge in [-0.05, 0) is 30.3 Å². The summed E-state index contributed by atoms with van der Waals surface area (Å²) in [6.45, 7) is 0. The van der Waals surface area contributed by atoms with Crippen LogP contribution in [0.2, 0.25) is 5.02 Å². The second kappa shape index (κ2) is 6.61. The van der Waals surface area contributed by atoms with Gasteiger partial charge in [0.1, 0.15) is 17.1 Å². The average molecular weight is 408 g/mol. The third-order valence-electron chi connectivity index (χ3n) is 3.63. The van der Waals surface area contributed by atoms with Gasteiger partial charge in [0.2, 0.25) is 6.17 Å². The highest BCUT2D eigenvalue weighted by Crippen LogP contribution is 2.55. The van der Waals surface area contributed by atoms with Gasteiger partial charge in [0.05, 0.1) is 28.4 Å². The number of nitrogens with zero attached hydrogens (tertiary/aromatic N) is 1. The lowest BCUT2D eigenvalue weighted by molar-refractivity contribution is 0.0102. The van der Waals surface area contributed by atoms with Crippen LogP contribution >= 0.6 is 11.6 Å². The molecule has 0 spiro atoms. The molecule has 0 aliphatic carbocycles. The SMILES string of the molecule is N#Cc1cc(Cl)cc(Oc2ccc3c(c2C(F)F)[S@+]([O-])C(F)(F)[C@@H]3F)c1. The van der Waals surface area contributed by atoms with Crippen LogP contribution in [-0.2, 0) is 11.2 Å². The number of benzene rings is 2. The zero-order chi connectivity index (χ0) is 19.2. The van der Waals surface area contributed by atoms with E-state index in [0.717, 1.165) is 12.1 Å². The standard InChI is InChI=1S/C16H7ClF5NO2S/c17-8-3-7(6-23)4-9(5-8)25-11-2-1-10-13(12(11)15(19)20)26(24)16(21,22)14(10)18/h1-5,14-15H/t14-,26+/m1/s1. The van der Waals surface area contributed by atoms with Gasteiger partial charge in [0.25, 0.3) is 6.43 Å². The molecule has 0 radical (unpaired) electrons. The molecule has 1 aliphatic rings. The molecule has 26 heavy (non-hydrogen) atoms. The van der Waals surface area contributed by atoms with E-state index < -0.39 is 50.8 Å². The first kappa shape index (κ1) is 18.8. The van der Waals surface area contributed by atoms with Crippen molar-refractivity contribution in [2.24, 2.45) is 0 Å². The van der Waals surface area contributed by atoms with E-state index in [4.69, 9.17) is 21.6 Å². The summed E-state index contributed by atoms with van der Waals surface area (Å²) in [6.07, 6.45) is -6.30. The van der Waals surface area contributed by atoms with Crippen molar-refractivity contribution in [1.82, 2.24) is 0 Å². The summed E-state index contributed by atoms with van der Waals surface area (Å²) in [5, 5.41) is 4.66. The molecule has 0 fully saturated rings. The van der Waals surface area contributed by atoms with Crippen LogP contribution in [0.1, 0.15) is 29.3 Å². The van der Waals surface area contributed by atoms with Crippen molar-refractivity contribution in [1.29, 1.82) is 5.26 Å². The van der Waals surface area contributed by atoms with Crippen molar-refractivity contribution in [3.05, 3.63) is 52.0 Å². The number of nitriles is 1. The summed E-state index contributed by atoms with van der Waals surface area (Å²) < 4.78 is 85.3. The molecule has 0 unspecified atom stereocenters. The number of ether oxygens (including phenoxy) is 1. The zero-order valence-electron chi connectivity index (χ0n) is 12.5. The van der Waals surface area contributed by atoms with Gasteiger partial charge >= 0.3 is 5.25 Å². The van der Waals surface area contributed by atoms with Gasteiger partial charge in [-0.1, -0.05) is 11.6 Å². The molecule has 0 N–H and O–H groups in total. The lowest BCUT2D eigenvalue weighted by atomic mass is 10.1. The minimum absolute atomic E-state index is 0.0752. The van der Waals surface area contributed by atoms with Crippen LogP contribution in [0.25, 0.3) is 0 Å². The first-order valence-electron chi connectivity index (χ1n) is 6.94. The molecule has 0 aromatic heterocycles. The Morgan fingerprint density at radius 3 is 2.58 bits per heavy atom. The van der Waals surface area contributed by atoms with E-state index in [-0.39, 0.29) is 16.3 Å². The van der Waals surface area contributed by atoms with E-state index in [1.54, 1.807) is 6.07 Å². The Hall–Kier alpha value is -2.02. The second-order valence-corrected chi connectivity index (χ2v) is 7.21. The quantitative estimate of drug-likeness (QED) is 0.487. The first-order valence-corrected chi connectivity index (χ1v) is 8.46. The molecule has 0 saturated carbocycles. The molecular weight excluding hydrogens is 401 g/mol. The van der Waals surface area contributed by atoms with Crippen molar-refractivity contribution in [2.75, 3.05) is 0 Å². The molecule has 2 aromatic rings. The van der Waals surface area contributed by atoms with Crippen LogP contribution in [0.4, 0.5) is 22.0 Å². The number of fused-ring (bicyclic) bond motifs is 1. The summed E-state index contributed by atoms with van der Waals surface area (Å²) in [4.78, 5) is -0.975. The Morgan fingerprint density at radius 2 is 1.96 bits per heavy atom. The molecule has 10 heteroatoms. The highest BCUT2D eigenvalue weighted by Gasteiger charge is 2.63. The maximum Gasteiger partial charge on any atom is 0.447 e. The summed E-state index contributed by atoms with van der Waals surface area (Å²) >= 11 is 2.50. The molecule has 0 bridgehead atoms. The average Bonchev–Trinajstić information content (AvgIpc) is 2.74. The fourth-order valence-electron chi connectivity index (χ4n) is 2.52. The summed E-state index contributed by atoms with van der Waals surface area (Å²) in [5.74, 6) is -0.689. The number of rotatable bonds is 3. The van der Waals surface area contributed by atoms with Crippen molar-refractivity contribution >= 4 is 22.8 Å². The molecule has 0 saturated heterocycles. The number of hydrogen-bond donors (Lipinski definition) is 0. The summed E-state index contributed by atoms with van der Waals surface area (Å²) in [6, 6.07) is 7.21. The molecule has 2 aromatic carbocycles. The van der Waals surface area contributed by atoms with E-state index in [2.05, 4.69) is 0 Å². The van der Waals surface area contributed by atoms with E-state index in [0.29, 0.717) is 0 Å². The van der Waals surface area contributed by atoms with Crippen LogP contribution in [0.3, 0.4) is 0 Å². The predicted octanol–water partition coefficient (Wildman–Crippen LogP) is 5.67. The molecule has 3 rings (SSSR count). The minimum Gasteiger partial charge on any atom is -0.607 e. The van der Waals surface area contributed by atoms with Gasteiger partial charge in [-0.3, -0.25) is 0 Å². The maximum absolute atomic E-state index is 13.8. The van der Waals surface area contributed by atoms with Gasteiger partial charge < -0.3 is 9.29 Å². The highest BCUT2D eigenvalue weighted by molar-refractivity contribution is 7.93. The normalized spacial score (nSPS) is 20.7. The molecule has 0 amide bonds. The molecule has 2 atom stereocenters. The summed E-state index contributed by atoms with van der Waals surface area (Å²) in [5.41, 5.74) is -1.77. The second-order valence-electron chi connectivity index (χ2n) is 5.28. The van der Waals surface area contributed by atoms with E-state index in [1.807, 2.05) is 0 Å². The molecular formula is C16H7ClF5NO2S. The molecule has 3 nitrogen and oxygen atoms in total. The topological polar surface area (TPSA) is 56.1 Å². The van der Waals surface area contributed by atoms with Gasteiger partial charge in [-0.15, -0.1) is 0 Å². The number of hydrogen-bond acceptors (Lipinski definition) is 3. The Kier molecular flexibility index (Phi) is 4.77. The fourth-order valence-corrected chi connectivity index (χ4v) is 4.11. The van der Waals surface area contributed by atoms with Crippen LogP contribution in [-0.4, -0.2) is 9.81 Å². The Bertz CT molecular complexity index is 918.